The summed E-state index contributed by atoms with van der Waals surface area (Å²) >= 11 is 1.62. The molecule has 0 saturated heterocycles. The number of imidazole rings is 2. The molecule has 15 nitrogen and oxygen atoms in total. The molecule has 0 fully saturated rings. The van der Waals surface area contributed by atoms with E-state index in [2.05, 4.69) is 67.8 Å². The highest BCUT2D eigenvalue weighted by molar-refractivity contribution is 7.99. The zero-order valence-electron chi connectivity index (χ0n) is 37.0. The molecule has 66 heavy (non-hydrogen) atoms. The summed E-state index contributed by atoms with van der Waals surface area (Å²) < 4.78 is 22.8. The highest BCUT2D eigenvalue weighted by Gasteiger charge is 2.27. The van der Waals surface area contributed by atoms with Gasteiger partial charge in [0.15, 0.2) is 18.0 Å². The van der Waals surface area contributed by atoms with Gasteiger partial charge in [0.05, 0.1) is 42.3 Å². The summed E-state index contributed by atoms with van der Waals surface area (Å²) in [6.07, 6.45) is 0.878. The van der Waals surface area contributed by atoms with E-state index in [4.69, 9.17) is 28.9 Å². The maximum atomic E-state index is 13.4. The van der Waals surface area contributed by atoms with Crippen molar-refractivity contribution in [1.29, 1.82) is 0 Å². The second kappa shape index (κ2) is 21.1. The summed E-state index contributed by atoms with van der Waals surface area (Å²) in [5, 5.41) is 24.1. The van der Waals surface area contributed by atoms with E-state index in [1.165, 1.54) is 0 Å². The van der Waals surface area contributed by atoms with Gasteiger partial charge in [0.1, 0.15) is 28.8 Å². The van der Waals surface area contributed by atoms with E-state index in [9.17, 15) is 14.7 Å². The molecule has 3 unspecified atom stereocenters. The molecule has 0 spiro atoms. The Hall–Kier alpha value is -7.30. The minimum atomic E-state index is -1.03. The van der Waals surface area contributed by atoms with Crippen molar-refractivity contribution in [1.82, 2.24) is 40.6 Å². The number of aromatic amines is 3. The van der Waals surface area contributed by atoms with E-state index in [1.807, 2.05) is 91.9 Å². The van der Waals surface area contributed by atoms with Gasteiger partial charge in [0.25, 0.3) is 0 Å². The number of nitrogens with one attached hydrogen (secondary N) is 3. The number of methoxy groups -OCH3 is 1. The molecule has 16 heteroatoms. The minimum absolute atomic E-state index is 0.161. The second-order valence-corrected chi connectivity index (χ2v) is 16.9. The number of esters is 1. The van der Waals surface area contributed by atoms with Gasteiger partial charge in [-0.25, -0.2) is 24.7 Å². The van der Waals surface area contributed by atoms with Gasteiger partial charge in [-0.05, 0) is 107 Å². The summed E-state index contributed by atoms with van der Waals surface area (Å²) in [5.74, 6) is 1.84. The van der Waals surface area contributed by atoms with Crippen molar-refractivity contribution in [2.75, 3.05) is 13.7 Å². The number of rotatable bonds is 21. The van der Waals surface area contributed by atoms with Crippen molar-refractivity contribution in [3.8, 4) is 34.0 Å². The largest absolute Gasteiger partial charge is 0.497 e. The lowest BCUT2D eigenvalue weighted by Crippen LogP contribution is -2.26. The smallest absolute Gasteiger partial charge is 0.356 e. The lowest BCUT2D eigenvalue weighted by molar-refractivity contribution is -0.151. The van der Waals surface area contributed by atoms with Crippen LogP contribution in [0.1, 0.15) is 83.1 Å². The van der Waals surface area contributed by atoms with Gasteiger partial charge in [-0.1, -0.05) is 79.7 Å². The highest BCUT2D eigenvalue weighted by Crippen LogP contribution is 2.41. The first-order valence-corrected chi connectivity index (χ1v) is 22.6. The number of hydrogen-bond acceptors (Lipinski definition) is 12. The van der Waals surface area contributed by atoms with Gasteiger partial charge < -0.3 is 34.0 Å². The van der Waals surface area contributed by atoms with Gasteiger partial charge in [-0.15, -0.1) is 16.9 Å². The van der Waals surface area contributed by atoms with Crippen LogP contribution in [0.3, 0.4) is 0 Å². The standard InChI is InChI=1S/C50H50N8O7S/c1-5-9-44-53-45(46(54-44)50(61)63-6-2)43(27-32-12-18-34(19-13-32)38-10-7-8-11-39(38)48-55-57-58-56-48)66-37-24-25-40-41(28-37)52-47(51-40)30(3)65-36-22-14-31(15-23-36)26-42(49(59)60)64-29-33-16-20-35(62-4)21-17-33/h7-8,10-25,28,30,42-43H,5-6,9,26-27,29H2,1-4H3,(H,51,52)(H,53,54)(H,59,60)(H,55,56,57,58). The van der Waals surface area contributed by atoms with E-state index in [1.54, 1.807) is 25.8 Å². The molecule has 338 valence electrons. The molecule has 3 heterocycles. The summed E-state index contributed by atoms with van der Waals surface area (Å²) in [4.78, 5) is 43.0. The molecule has 0 bridgehead atoms. The average Bonchev–Trinajstić information content (AvgIpc) is 4.13. The Morgan fingerprint density at radius 1 is 0.803 bits per heavy atom. The van der Waals surface area contributed by atoms with Gasteiger partial charge >= 0.3 is 11.9 Å². The van der Waals surface area contributed by atoms with Crippen LogP contribution in [0.5, 0.6) is 11.5 Å². The first-order valence-electron chi connectivity index (χ1n) is 21.8. The topological polar surface area (TPSA) is 203 Å². The summed E-state index contributed by atoms with van der Waals surface area (Å²) in [6, 6.07) is 37.1. The third-order valence-corrected chi connectivity index (χ3v) is 12.1. The number of carbonyl (C=O) groups excluding carboxylic acids is 1. The van der Waals surface area contributed by atoms with Crippen molar-refractivity contribution >= 4 is 34.7 Å². The Morgan fingerprint density at radius 3 is 2.21 bits per heavy atom. The predicted molar refractivity (Wildman–Crippen MR) is 250 cm³/mol. The molecule has 5 aromatic carbocycles. The third kappa shape index (κ3) is 11.0. The van der Waals surface area contributed by atoms with E-state index < -0.39 is 24.1 Å². The van der Waals surface area contributed by atoms with Gasteiger partial charge in [-0.3, -0.25) is 0 Å². The van der Waals surface area contributed by atoms with Crippen molar-refractivity contribution in [2.24, 2.45) is 0 Å². The van der Waals surface area contributed by atoms with Crippen molar-refractivity contribution in [2.45, 2.75) is 75.4 Å². The summed E-state index contributed by atoms with van der Waals surface area (Å²) in [6.45, 7) is 6.20. The molecule has 0 aliphatic carbocycles. The van der Waals surface area contributed by atoms with E-state index in [-0.39, 0.29) is 24.9 Å². The number of carboxylic acids is 1. The average molecular weight is 907 g/mol. The van der Waals surface area contributed by atoms with Gasteiger partial charge in [0.2, 0.25) is 0 Å². The number of aromatic nitrogens is 8. The highest BCUT2D eigenvalue weighted by atomic mass is 32.2. The molecular formula is C50H50N8O7S. The lowest BCUT2D eigenvalue weighted by Gasteiger charge is -2.17. The first kappa shape index (κ1) is 45.3. The van der Waals surface area contributed by atoms with Crippen LogP contribution in [0.4, 0.5) is 0 Å². The Bertz CT molecular complexity index is 2860. The molecule has 3 atom stereocenters. The SMILES string of the molecule is CCCc1nc(C(Cc2ccc(-c3ccccc3-c3nnn[nH]3)cc2)Sc2ccc3nc(C(C)Oc4ccc(CC(OCc5ccc(OC)cc5)C(=O)O)cc4)[nH]c3c2)c(C(=O)OCC)[nH]1. The number of nitrogens with zero attached hydrogens (tertiary/aromatic N) is 5. The number of carboxylic acid groups (broad SMARTS) is 1. The van der Waals surface area contributed by atoms with Gasteiger partial charge in [-0.2, -0.15) is 0 Å². The number of ether oxygens (including phenoxy) is 4. The molecule has 0 saturated carbocycles. The maximum absolute atomic E-state index is 13.4. The molecular weight excluding hydrogens is 857 g/mol. The molecule has 8 rings (SSSR count). The number of benzene rings is 5. The number of aryl methyl sites for hydroxylation is 1. The molecule has 8 aromatic rings. The van der Waals surface area contributed by atoms with E-state index >= 15 is 0 Å². The zero-order valence-corrected chi connectivity index (χ0v) is 37.8. The van der Waals surface area contributed by atoms with Crippen molar-refractivity contribution < 1.29 is 33.6 Å². The summed E-state index contributed by atoms with van der Waals surface area (Å²) in [7, 11) is 1.59. The molecule has 0 aliphatic heterocycles. The maximum Gasteiger partial charge on any atom is 0.356 e. The van der Waals surface area contributed by atoms with Crippen LogP contribution < -0.4 is 9.47 Å². The lowest BCUT2D eigenvalue weighted by atomic mass is 9.97. The second-order valence-electron chi connectivity index (χ2n) is 15.6. The van der Waals surface area contributed by atoms with Crippen LogP contribution >= 0.6 is 11.8 Å². The zero-order chi connectivity index (χ0) is 46.0. The monoisotopic (exact) mass is 906 g/mol. The molecule has 0 amide bonds. The van der Waals surface area contributed by atoms with E-state index in [0.29, 0.717) is 41.6 Å². The Balaban J connectivity index is 0.982. The van der Waals surface area contributed by atoms with Crippen LogP contribution in [0, 0.1) is 0 Å². The number of tetrazole rings is 1. The number of hydrogen-bond donors (Lipinski definition) is 4. The van der Waals surface area contributed by atoms with Crippen LogP contribution in [-0.4, -0.2) is 77.4 Å². The Kier molecular flexibility index (Phi) is 14.5. The summed E-state index contributed by atoms with van der Waals surface area (Å²) in [5.41, 5.74) is 8.24. The third-order valence-electron chi connectivity index (χ3n) is 10.9. The van der Waals surface area contributed by atoms with Gasteiger partial charge in [0, 0.05) is 23.3 Å². The first-order chi connectivity index (χ1) is 32.2. The fourth-order valence-corrected chi connectivity index (χ4v) is 8.80. The van der Waals surface area contributed by atoms with Crippen LogP contribution in [0.2, 0.25) is 0 Å². The number of thioether (sulfide) groups is 1. The van der Waals surface area contributed by atoms with Crippen molar-refractivity contribution in [3.63, 3.8) is 0 Å². The quantitative estimate of drug-likeness (QED) is 0.0392. The fourth-order valence-electron chi connectivity index (χ4n) is 7.58. The van der Waals surface area contributed by atoms with Crippen LogP contribution in [0.15, 0.2) is 120 Å². The Morgan fingerprint density at radius 2 is 1.52 bits per heavy atom. The predicted octanol–water partition coefficient (Wildman–Crippen LogP) is 9.70. The Labute approximate surface area is 385 Å². The van der Waals surface area contributed by atoms with Crippen LogP contribution in [-0.2, 0) is 40.1 Å². The normalized spacial score (nSPS) is 12.7. The minimum Gasteiger partial charge on any atom is -0.497 e. The molecule has 0 aliphatic rings. The number of fused-ring (bicyclic) bond motifs is 1. The number of aliphatic carboxylic acids is 1. The molecule has 3 aromatic heterocycles. The van der Waals surface area contributed by atoms with Crippen molar-refractivity contribution in [3.05, 3.63) is 155 Å². The van der Waals surface area contributed by atoms with Crippen LogP contribution in [0.25, 0.3) is 33.5 Å². The number of H-pyrrole nitrogens is 3. The fraction of sp³-hybridized carbons (Fsp3) is 0.260. The number of carbonyl (C=O) groups is 2. The molecule has 4 N–H and O–H groups in total. The van der Waals surface area contributed by atoms with E-state index in [0.717, 1.165) is 67.3 Å². The molecule has 0 radical (unpaired) electrons.